The van der Waals surface area contributed by atoms with Crippen molar-refractivity contribution >= 4 is 0 Å². The second kappa shape index (κ2) is 7.69. The molecular weight excluding hydrogens is 210 g/mol. The fourth-order valence-corrected chi connectivity index (χ4v) is 1.42. The van der Waals surface area contributed by atoms with E-state index in [1.807, 2.05) is 18.2 Å². The van der Waals surface area contributed by atoms with Crippen LogP contribution in [0.1, 0.15) is 19.4 Å². The number of rotatable bonds is 7. The third-order valence-corrected chi connectivity index (χ3v) is 2.30. The van der Waals surface area contributed by atoms with Crippen LogP contribution in [0.5, 0.6) is 5.75 Å². The molecule has 0 amide bonds. The smallest absolute Gasteiger partial charge is 0.124 e. The highest BCUT2D eigenvalue weighted by atomic mass is 16.5. The van der Waals surface area contributed by atoms with Crippen molar-refractivity contribution in [1.29, 1.82) is 0 Å². The number of ether oxygens (including phenoxy) is 1. The molecule has 0 aliphatic heterocycles. The standard InChI is InChI=1S/C15H21NO/c1-4-11-17-15-8-6-5-7-14(15)12-16-10-9-13(2)3/h4-9,16H,1,10-12H2,2-3H3. The molecule has 2 heteroatoms. The predicted octanol–water partition coefficient (Wildman–Crippen LogP) is 3.31. The van der Waals surface area contributed by atoms with E-state index in [0.29, 0.717) is 6.61 Å². The summed E-state index contributed by atoms with van der Waals surface area (Å²) in [5, 5.41) is 3.37. The Morgan fingerprint density at radius 2 is 2.12 bits per heavy atom. The van der Waals surface area contributed by atoms with Gasteiger partial charge in [-0.1, -0.05) is 42.5 Å². The number of benzene rings is 1. The second-order valence-electron chi connectivity index (χ2n) is 4.12. The molecule has 0 radical (unpaired) electrons. The monoisotopic (exact) mass is 231 g/mol. The first-order valence-corrected chi connectivity index (χ1v) is 5.89. The molecule has 0 fully saturated rings. The molecule has 2 nitrogen and oxygen atoms in total. The van der Waals surface area contributed by atoms with Crippen LogP contribution < -0.4 is 10.1 Å². The van der Waals surface area contributed by atoms with Crippen LogP contribution in [0.3, 0.4) is 0 Å². The minimum atomic E-state index is 0.547. The third kappa shape index (κ3) is 5.36. The molecule has 1 rings (SSSR count). The second-order valence-corrected chi connectivity index (χ2v) is 4.12. The van der Waals surface area contributed by atoms with Crippen LogP contribution in [-0.4, -0.2) is 13.2 Å². The average Bonchev–Trinajstić information content (AvgIpc) is 2.33. The minimum Gasteiger partial charge on any atom is -0.489 e. The summed E-state index contributed by atoms with van der Waals surface area (Å²) in [4.78, 5) is 0. The molecule has 0 atom stereocenters. The summed E-state index contributed by atoms with van der Waals surface area (Å²) in [5.74, 6) is 0.928. The maximum Gasteiger partial charge on any atom is 0.124 e. The van der Waals surface area contributed by atoms with E-state index in [2.05, 4.69) is 37.9 Å². The first-order chi connectivity index (χ1) is 8.24. The molecule has 17 heavy (non-hydrogen) atoms. The van der Waals surface area contributed by atoms with Gasteiger partial charge < -0.3 is 10.1 Å². The van der Waals surface area contributed by atoms with Crippen LogP contribution in [0.25, 0.3) is 0 Å². The van der Waals surface area contributed by atoms with Crippen molar-refractivity contribution < 1.29 is 4.74 Å². The van der Waals surface area contributed by atoms with Gasteiger partial charge in [0.15, 0.2) is 0 Å². The van der Waals surface area contributed by atoms with Crippen LogP contribution in [0.15, 0.2) is 48.6 Å². The van der Waals surface area contributed by atoms with Crippen LogP contribution in [0.2, 0.25) is 0 Å². The number of para-hydroxylation sites is 1. The maximum absolute atomic E-state index is 5.59. The van der Waals surface area contributed by atoms with Crippen molar-refractivity contribution in [2.75, 3.05) is 13.2 Å². The van der Waals surface area contributed by atoms with Gasteiger partial charge in [-0.3, -0.25) is 0 Å². The molecule has 0 aromatic heterocycles. The van der Waals surface area contributed by atoms with E-state index in [-0.39, 0.29) is 0 Å². The zero-order valence-corrected chi connectivity index (χ0v) is 10.7. The van der Waals surface area contributed by atoms with E-state index in [4.69, 9.17) is 4.74 Å². The third-order valence-electron chi connectivity index (χ3n) is 2.30. The number of allylic oxidation sites excluding steroid dienone is 1. The Morgan fingerprint density at radius 3 is 2.82 bits per heavy atom. The highest BCUT2D eigenvalue weighted by Gasteiger charge is 2.00. The fourth-order valence-electron chi connectivity index (χ4n) is 1.42. The summed E-state index contributed by atoms with van der Waals surface area (Å²) in [6, 6.07) is 8.08. The summed E-state index contributed by atoms with van der Waals surface area (Å²) in [5.41, 5.74) is 2.50. The van der Waals surface area contributed by atoms with Gasteiger partial charge in [0.2, 0.25) is 0 Å². The van der Waals surface area contributed by atoms with Gasteiger partial charge in [-0.05, 0) is 19.9 Å². The molecule has 0 unspecified atom stereocenters. The lowest BCUT2D eigenvalue weighted by Crippen LogP contribution is -2.14. The van der Waals surface area contributed by atoms with Gasteiger partial charge in [-0.25, -0.2) is 0 Å². The van der Waals surface area contributed by atoms with Crippen molar-refractivity contribution in [3.05, 3.63) is 54.1 Å². The molecule has 92 valence electrons. The van der Waals surface area contributed by atoms with E-state index in [1.165, 1.54) is 11.1 Å². The molecule has 1 aromatic rings. The summed E-state index contributed by atoms with van der Waals surface area (Å²) in [6.45, 7) is 10.1. The number of hydrogen-bond acceptors (Lipinski definition) is 2. The van der Waals surface area contributed by atoms with Crippen molar-refractivity contribution in [2.45, 2.75) is 20.4 Å². The number of nitrogens with one attached hydrogen (secondary N) is 1. The average molecular weight is 231 g/mol. The number of hydrogen-bond donors (Lipinski definition) is 1. The molecule has 0 bridgehead atoms. The SMILES string of the molecule is C=CCOc1ccccc1CNCC=C(C)C. The van der Waals surface area contributed by atoms with E-state index >= 15 is 0 Å². The lowest BCUT2D eigenvalue weighted by Gasteiger charge is -2.10. The Balaban J connectivity index is 2.51. The summed E-state index contributed by atoms with van der Waals surface area (Å²) < 4.78 is 5.59. The molecule has 0 aliphatic rings. The molecule has 0 heterocycles. The molecule has 0 spiro atoms. The molecule has 1 aromatic carbocycles. The molecule has 0 saturated heterocycles. The Labute approximate surface area is 104 Å². The maximum atomic E-state index is 5.59. The van der Waals surface area contributed by atoms with Crippen LogP contribution in [0.4, 0.5) is 0 Å². The largest absolute Gasteiger partial charge is 0.489 e. The quantitative estimate of drug-likeness (QED) is 0.574. The Kier molecular flexibility index (Phi) is 6.12. The van der Waals surface area contributed by atoms with Crippen LogP contribution in [-0.2, 0) is 6.54 Å². The first-order valence-electron chi connectivity index (χ1n) is 5.89. The van der Waals surface area contributed by atoms with Gasteiger partial charge in [0, 0.05) is 18.7 Å². The minimum absolute atomic E-state index is 0.547. The lowest BCUT2D eigenvalue weighted by molar-refractivity contribution is 0.358. The Bertz CT molecular complexity index is 378. The normalized spacial score (nSPS) is 9.76. The van der Waals surface area contributed by atoms with Crippen molar-refractivity contribution in [3.63, 3.8) is 0 Å². The van der Waals surface area contributed by atoms with Gasteiger partial charge in [0.25, 0.3) is 0 Å². The van der Waals surface area contributed by atoms with Crippen molar-refractivity contribution in [3.8, 4) is 5.75 Å². The highest BCUT2D eigenvalue weighted by molar-refractivity contribution is 5.33. The van der Waals surface area contributed by atoms with Crippen molar-refractivity contribution in [1.82, 2.24) is 5.32 Å². The van der Waals surface area contributed by atoms with E-state index in [1.54, 1.807) is 6.08 Å². The fraction of sp³-hybridized carbons (Fsp3) is 0.333. The van der Waals surface area contributed by atoms with Gasteiger partial charge in [-0.15, -0.1) is 0 Å². The summed E-state index contributed by atoms with van der Waals surface area (Å²) in [7, 11) is 0. The first kappa shape index (κ1) is 13.5. The predicted molar refractivity (Wildman–Crippen MR) is 73.3 cm³/mol. The molecular formula is C15H21NO. The van der Waals surface area contributed by atoms with Crippen molar-refractivity contribution in [2.24, 2.45) is 0 Å². The van der Waals surface area contributed by atoms with E-state index in [9.17, 15) is 0 Å². The summed E-state index contributed by atoms with van der Waals surface area (Å²) in [6.07, 6.45) is 3.93. The van der Waals surface area contributed by atoms with Gasteiger partial charge in [0.05, 0.1) is 0 Å². The zero-order chi connectivity index (χ0) is 12.5. The molecule has 1 N–H and O–H groups in total. The van der Waals surface area contributed by atoms with E-state index < -0.39 is 0 Å². The van der Waals surface area contributed by atoms with Gasteiger partial charge in [0.1, 0.15) is 12.4 Å². The van der Waals surface area contributed by atoms with Crippen LogP contribution >= 0.6 is 0 Å². The van der Waals surface area contributed by atoms with E-state index in [0.717, 1.165) is 18.8 Å². The highest BCUT2D eigenvalue weighted by Crippen LogP contribution is 2.17. The van der Waals surface area contributed by atoms with Gasteiger partial charge >= 0.3 is 0 Å². The molecule has 0 aliphatic carbocycles. The Hall–Kier alpha value is -1.54. The van der Waals surface area contributed by atoms with Gasteiger partial charge in [-0.2, -0.15) is 0 Å². The summed E-state index contributed by atoms with van der Waals surface area (Å²) >= 11 is 0. The Morgan fingerprint density at radius 1 is 1.35 bits per heavy atom. The topological polar surface area (TPSA) is 21.3 Å². The lowest BCUT2D eigenvalue weighted by atomic mass is 10.2. The molecule has 0 saturated carbocycles. The zero-order valence-electron chi connectivity index (χ0n) is 10.7. The van der Waals surface area contributed by atoms with Crippen LogP contribution in [0, 0.1) is 0 Å².